The summed E-state index contributed by atoms with van der Waals surface area (Å²) in [5.74, 6) is 0.637. The third-order valence-corrected chi connectivity index (χ3v) is 5.70. The second kappa shape index (κ2) is 8.96. The average molecular weight is 361 g/mol. The molecule has 0 spiro atoms. The Labute approximate surface area is 150 Å². The lowest BCUT2D eigenvalue weighted by molar-refractivity contribution is -0.129. The number of carbonyl (C=O) groups excluding carboxylic acids is 1. The molecule has 0 radical (unpaired) electrons. The lowest BCUT2D eigenvalue weighted by atomic mass is 10.2. The zero-order chi connectivity index (χ0) is 16.6. The van der Waals surface area contributed by atoms with Gasteiger partial charge in [0.1, 0.15) is 5.51 Å². The molecule has 7 heteroatoms. The largest absolute Gasteiger partial charge is 0.339 e. The van der Waals surface area contributed by atoms with Gasteiger partial charge in [0.25, 0.3) is 0 Å². The first-order valence-electron chi connectivity index (χ1n) is 7.92. The van der Waals surface area contributed by atoms with Crippen LogP contribution in [-0.4, -0.2) is 64.4 Å². The van der Waals surface area contributed by atoms with Gasteiger partial charge in [0.15, 0.2) is 4.34 Å². The van der Waals surface area contributed by atoms with Gasteiger partial charge in [-0.3, -0.25) is 9.69 Å². The summed E-state index contributed by atoms with van der Waals surface area (Å²) in [6.07, 6.45) is 4.34. The molecule has 1 amide bonds. The number of piperazine rings is 1. The van der Waals surface area contributed by atoms with Crippen molar-refractivity contribution in [3.05, 3.63) is 47.5 Å². The molecule has 1 aromatic heterocycles. The molecule has 1 aliphatic rings. The lowest BCUT2D eigenvalue weighted by Gasteiger charge is -2.34. The normalized spacial score (nSPS) is 15.9. The molecule has 0 bridgehead atoms. The van der Waals surface area contributed by atoms with E-state index >= 15 is 0 Å². The van der Waals surface area contributed by atoms with Crippen molar-refractivity contribution in [2.45, 2.75) is 4.34 Å². The van der Waals surface area contributed by atoms with Crippen molar-refractivity contribution < 1.29 is 4.79 Å². The van der Waals surface area contributed by atoms with Gasteiger partial charge in [-0.15, -0.1) is 10.2 Å². The zero-order valence-electron chi connectivity index (χ0n) is 13.4. The maximum Gasteiger partial charge on any atom is 0.233 e. The Balaban J connectivity index is 1.37. The maximum absolute atomic E-state index is 12.2. The van der Waals surface area contributed by atoms with Gasteiger partial charge in [-0.1, -0.05) is 65.6 Å². The van der Waals surface area contributed by atoms with Crippen LogP contribution < -0.4 is 0 Å². The molecule has 0 atom stereocenters. The van der Waals surface area contributed by atoms with E-state index in [1.807, 2.05) is 23.1 Å². The lowest BCUT2D eigenvalue weighted by Crippen LogP contribution is -2.49. The van der Waals surface area contributed by atoms with E-state index in [0.29, 0.717) is 5.75 Å². The van der Waals surface area contributed by atoms with Crippen molar-refractivity contribution in [2.75, 3.05) is 38.5 Å². The smallest absolute Gasteiger partial charge is 0.233 e. The van der Waals surface area contributed by atoms with Crippen LogP contribution in [0.5, 0.6) is 0 Å². The number of hydrogen-bond acceptors (Lipinski definition) is 6. The van der Waals surface area contributed by atoms with E-state index in [2.05, 4.69) is 39.4 Å². The van der Waals surface area contributed by atoms with Gasteiger partial charge >= 0.3 is 0 Å². The van der Waals surface area contributed by atoms with E-state index in [1.165, 1.54) is 28.7 Å². The molecule has 1 aromatic carbocycles. The summed E-state index contributed by atoms with van der Waals surface area (Å²) < 4.78 is 0.855. The third kappa shape index (κ3) is 5.15. The van der Waals surface area contributed by atoms with Crippen LogP contribution in [-0.2, 0) is 4.79 Å². The number of aromatic nitrogens is 2. The van der Waals surface area contributed by atoms with Gasteiger partial charge in [0, 0.05) is 32.7 Å². The van der Waals surface area contributed by atoms with Crippen LogP contribution in [0, 0.1) is 0 Å². The topological polar surface area (TPSA) is 49.3 Å². The Morgan fingerprint density at radius 3 is 2.71 bits per heavy atom. The first kappa shape index (κ1) is 17.1. The number of hydrogen-bond donors (Lipinski definition) is 0. The minimum absolute atomic E-state index is 0.190. The molecule has 1 saturated heterocycles. The molecule has 3 rings (SSSR count). The molecule has 5 nitrogen and oxygen atoms in total. The third-order valence-electron chi connectivity index (χ3n) is 3.86. The van der Waals surface area contributed by atoms with Crippen LogP contribution in [0.15, 0.2) is 46.3 Å². The number of benzene rings is 1. The van der Waals surface area contributed by atoms with Gasteiger partial charge in [0.05, 0.1) is 5.75 Å². The summed E-state index contributed by atoms with van der Waals surface area (Å²) in [4.78, 5) is 16.6. The van der Waals surface area contributed by atoms with E-state index in [0.717, 1.165) is 37.1 Å². The Morgan fingerprint density at radius 2 is 2.00 bits per heavy atom. The molecule has 0 unspecified atom stereocenters. The number of amides is 1. The average Bonchev–Trinajstić information content (AvgIpc) is 3.15. The highest BCUT2D eigenvalue weighted by molar-refractivity contribution is 8.01. The van der Waals surface area contributed by atoms with Crippen molar-refractivity contribution in [2.24, 2.45) is 0 Å². The summed E-state index contributed by atoms with van der Waals surface area (Å²) in [7, 11) is 0. The van der Waals surface area contributed by atoms with Crippen LogP contribution in [0.3, 0.4) is 0 Å². The Hall–Kier alpha value is -1.70. The first-order chi connectivity index (χ1) is 11.8. The van der Waals surface area contributed by atoms with E-state index in [-0.39, 0.29) is 5.91 Å². The Kier molecular flexibility index (Phi) is 6.40. The molecule has 0 N–H and O–H groups in total. The first-order valence-corrected chi connectivity index (χ1v) is 9.78. The van der Waals surface area contributed by atoms with Crippen molar-refractivity contribution in [1.29, 1.82) is 0 Å². The molecule has 2 heterocycles. The number of thioether (sulfide) groups is 1. The van der Waals surface area contributed by atoms with Crippen molar-refractivity contribution in [3.63, 3.8) is 0 Å². The minimum Gasteiger partial charge on any atom is -0.339 e. The van der Waals surface area contributed by atoms with E-state index in [1.54, 1.807) is 5.51 Å². The molecule has 0 aliphatic carbocycles. The fourth-order valence-corrected chi connectivity index (χ4v) is 3.91. The zero-order valence-corrected chi connectivity index (χ0v) is 15.0. The van der Waals surface area contributed by atoms with Crippen LogP contribution in [0.1, 0.15) is 5.56 Å². The summed E-state index contributed by atoms with van der Waals surface area (Å²) in [5, 5.41) is 7.73. The number of carbonyl (C=O) groups is 1. The van der Waals surface area contributed by atoms with Gasteiger partial charge in [-0.25, -0.2) is 0 Å². The Bertz CT molecular complexity index is 652. The molecule has 24 heavy (non-hydrogen) atoms. The van der Waals surface area contributed by atoms with E-state index in [9.17, 15) is 4.79 Å². The highest BCUT2D eigenvalue weighted by Gasteiger charge is 2.20. The van der Waals surface area contributed by atoms with Crippen LogP contribution in [0.2, 0.25) is 0 Å². The van der Waals surface area contributed by atoms with Gasteiger partial charge in [-0.05, 0) is 5.56 Å². The second-order valence-electron chi connectivity index (χ2n) is 5.49. The monoisotopic (exact) mass is 360 g/mol. The summed E-state index contributed by atoms with van der Waals surface area (Å²) in [6.45, 7) is 4.38. The van der Waals surface area contributed by atoms with Crippen LogP contribution >= 0.6 is 23.1 Å². The molecule has 126 valence electrons. The fraction of sp³-hybridized carbons (Fsp3) is 0.353. The second-order valence-corrected chi connectivity index (χ2v) is 7.54. The molecule has 0 saturated carbocycles. The van der Waals surface area contributed by atoms with E-state index < -0.39 is 0 Å². The summed E-state index contributed by atoms with van der Waals surface area (Å²) in [6, 6.07) is 10.3. The van der Waals surface area contributed by atoms with Gasteiger partial charge < -0.3 is 4.90 Å². The maximum atomic E-state index is 12.2. The summed E-state index contributed by atoms with van der Waals surface area (Å²) in [5.41, 5.74) is 2.91. The quantitative estimate of drug-likeness (QED) is 0.741. The van der Waals surface area contributed by atoms with Crippen molar-refractivity contribution >= 4 is 35.1 Å². The highest BCUT2D eigenvalue weighted by Crippen LogP contribution is 2.19. The summed E-state index contributed by atoms with van der Waals surface area (Å²) >= 11 is 2.94. The molecule has 1 aliphatic heterocycles. The minimum atomic E-state index is 0.190. The predicted molar refractivity (Wildman–Crippen MR) is 99.1 cm³/mol. The highest BCUT2D eigenvalue weighted by atomic mass is 32.2. The number of nitrogens with zero attached hydrogens (tertiary/aromatic N) is 4. The predicted octanol–water partition coefficient (Wildman–Crippen LogP) is 2.49. The molecular weight excluding hydrogens is 340 g/mol. The van der Waals surface area contributed by atoms with Gasteiger partial charge in [0.2, 0.25) is 5.91 Å². The Morgan fingerprint density at radius 1 is 1.21 bits per heavy atom. The van der Waals surface area contributed by atoms with Crippen molar-refractivity contribution in [3.8, 4) is 0 Å². The van der Waals surface area contributed by atoms with Crippen molar-refractivity contribution in [1.82, 2.24) is 20.0 Å². The fourth-order valence-electron chi connectivity index (χ4n) is 2.52. The SMILES string of the molecule is O=C(CSc1nncs1)N1CCN(C/C=C/c2ccccc2)CC1. The standard InChI is InChI=1S/C17H20N4OS2/c22-16(13-23-17-19-18-14-24-17)21-11-9-20(10-12-21)8-4-7-15-5-2-1-3-6-15/h1-7,14H,8-13H2/b7-4+. The molecule has 2 aromatic rings. The van der Waals surface area contributed by atoms with Crippen LogP contribution in [0.25, 0.3) is 6.08 Å². The number of rotatable bonds is 6. The molecular formula is C17H20N4OS2. The molecule has 1 fully saturated rings. The van der Waals surface area contributed by atoms with E-state index in [4.69, 9.17) is 0 Å². The van der Waals surface area contributed by atoms with Gasteiger partial charge in [-0.2, -0.15) is 0 Å². The van der Waals surface area contributed by atoms with Crippen LogP contribution in [0.4, 0.5) is 0 Å².